The van der Waals surface area contributed by atoms with Crippen molar-refractivity contribution < 1.29 is 33.7 Å². The molecule has 2 aliphatic carbocycles. The van der Waals surface area contributed by atoms with Gasteiger partial charge in [-0.3, -0.25) is 14.4 Å². The van der Waals surface area contributed by atoms with E-state index in [1.807, 2.05) is 6.92 Å². The molecule has 0 amide bonds. The fourth-order valence-electron chi connectivity index (χ4n) is 5.59. The third-order valence-corrected chi connectivity index (χ3v) is 8.05. The quantitative estimate of drug-likeness (QED) is 0.338. The molecule has 2 aliphatic rings. The van der Waals surface area contributed by atoms with Crippen LogP contribution in [-0.2, 0) is 28.6 Å². The minimum Gasteiger partial charge on any atom is -0.469 e. The van der Waals surface area contributed by atoms with Crippen LogP contribution in [0.4, 0.5) is 0 Å². The van der Waals surface area contributed by atoms with Gasteiger partial charge in [-0.05, 0) is 69.6 Å². The maximum absolute atomic E-state index is 12.7. The molecule has 1 fully saturated rings. The SMILES string of the molecule is COC(=O)[C@]1(C)CCC=C2[C@H]1CC[C@@H](C)[C@]2(C)CC[C@](C)(O)[C@@H](COC(C)=O)OC(C)=O. The maximum atomic E-state index is 12.7. The second-order valence-corrected chi connectivity index (χ2v) is 10.3. The lowest BCUT2D eigenvalue weighted by Gasteiger charge is -2.53. The van der Waals surface area contributed by atoms with Gasteiger partial charge in [-0.25, -0.2) is 0 Å². The number of carbonyl (C=O) groups is 3. The second-order valence-electron chi connectivity index (χ2n) is 10.3. The van der Waals surface area contributed by atoms with Crippen molar-refractivity contribution in [3.63, 3.8) is 0 Å². The lowest BCUT2D eigenvalue weighted by molar-refractivity contribution is -0.175. The molecule has 0 bridgehead atoms. The zero-order valence-corrected chi connectivity index (χ0v) is 20.7. The fraction of sp³-hybridized carbons (Fsp3) is 0.800. The monoisotopic (exact) mass is 452 g/mol. The number of aliphatic hydroxyl groups is 1. The molecule has 7 nitrogen and oxygen atoms in total. The van der Waals surface area contributed by atoms with E-state index in [0.717, 1.165) is 25.7 Å². The maximum Gasteiger partial charge on any atom is 0.312 e. The molecule has 6 atom stereocenters. The van der Waals surface area contributed by atoms with Gasteiger partial charge in [0.1, 0.15) is 12.2 Å². The van der Waals surface area contributed by atoms with Crippen LogP contribution in [0.3, 0.4) is 0 Å². The van der Waals surface area contributed by atoms with Gasteiger partial charge in [-0.15, -0.1) is 0 Å². The Bertz CT molecular complexity index is 755. The van der Waals surface area contributed by atoms with E-state index in [2.05, 4.69) is 19.9 Å². The first kappa shape index (κ1) is 26.4. The summed E-state index contributed by atoms with van der Waals surface area (Å²) >= 11 is 0. The highest BCUT2D eigenvalue weighted by Gasteiger charge is 2.53. The summed E-state index contributed by atoms with van der Waals surface area (Å²) in [7, 11) is 1.45. The van der Waals surface area contributed by atoms with Crippen molar-refractivity contribution in [2.75, 3.05) is 13.7 Å². The molecule has 0 spiro atoms. The molecule has 0 aromatic heterocycles. The Kier molecular flexibility index (Phi) is 8.19. The van der Waals surface area contributed by atoms with Crippen LogP contribution in [0.2, 0.25) is 0 Å². The normalized spacial score (nSPS) is 32.6. The highest BCUT2D eigenvalue weighted by atomic mass is 16.6. The predicted molar refractivity (Wildman–Crippen MR) is 119 cm³/mol. The van der Waals surface area contributed by atoms with E-state index in [-0.39, 0.29) is 23.9 Å². The standard InChI is InChI=1S/C25H40O7/c1-16-10-11-20-19(9-8-12-24(20,5)22(28)30-7)23(16,4)13-14-25(6,29)21(32-18(3)27)15-31-17(2)26/h9,16,20-21,29H,8,10-15H2,1-7H3/t16-,20-,21-,23+,24-,25+/m1/s1. The molecule has 0 aromatic carbocycles. The average Bonchev–Trinajstić information content (AvgIpc) is 2.71. The van der Waals surface area contributed by atoms with Crippen molar-refractivity contribution in [3.8, 4) is 0 Å². The van der Waals surface area contributed by atoms with Crippen molar-refractivity contribution in [2.45, 2.75) is 91.8 Å². The van der Waals surface area contributed by atoms with Gasteiger partial charge >= 0.3 is 17.9 Å². The van der Waals surface area contributed by atoms with Gasteiger partial charge in [0, 0.05) is 13.8 Å². The van der Waals surface area contributed by atoms with Gasteiger partial charge in [0.05, 0.1) is 12.5 Å². The second kappa shape index (κ2) is 9.94. The summed E-state index contributed by atoms with van der Waals surface area (Å²) in [5, 5.41) is 11.2. The Morgan fingerprint density at radius 1 is 1.22 bits per heavy atom. The molecule has 182 valence electrons. The highest BCUT2D eigenvalue weighted by molar-refractivity contribution is 5.77. The largest absolute Gasteiger partial charge is 0.469 e. The van der Waals surface area contributed by atoms with Gasteiger partial charge in [-0.1, -0.05) is 25.5 Å². The average molecular weight is 453 g/mol. The van der Waals surface area contributed by atoms with E-state index in [1.54, 1.807) is 6.92 Å². The third-order valence-electron chi connectivity index (χ3n) is 8.05. The molecule has 0 heterocycles. The molecule has 1 saturated carbocycles. The third kappa shape index (κ3) is 5.36. The van der Waals surface area contributed by atoms with E-state index in [4.69, 9.17) is 14.2 Å². The van der Waals surface area contributed by atoms with Crippen LogP contribution in [0, 0.1) is 22.7 Å². The lowest BCUT2D eigenvalue weighted by Crippen LogP contribution is -2.50. The molecule has 7 heteroatoms. The Labute approximate surface area is 191 Å². The number of carbonyl (C=O) groups excluding carboxylic acids is 3. The molecule has 32 heavy (non-hydrogen) atoms. The van der Waals surface area contributed by atoms with E-state index in [9.17, 15) is 19.5 Å². The number of allylic oxidation sites excluding steroid dienone is 2. The summed E-state index contributed by atoms with van der Waals surface area (Å²) in [6, 6.07) is 0. The number of esters is 3. The van der Waals surface area contributed by atoms with Crippen LogP contribution in [-0.4, -0.2) is 48.4 Å². The van der Waals surface area contributed by atoms with Crippen LogP contribution < -0.4 is 0 Å². The molecule has 0 saturated heterocycles. The number of hydrogen-bond acceptors (Lipinski definition) is 7. The van der Waals surface area contributed by atoms with E-state index < -0.39 is 29.1 Å². The highest BCUT2D eigenvalue weighted by Crippen LogP contribution is 2.58. The first-order valence-corrected chi connectivity index (χ1v) is 11.6. The minimum atomic E-state index is -1.38. The molecular formula is C25H40O7. The Morgan fingerprint density at radius 3 is 2.44 bits per heavy atom. The summed E-state index contributed by atoms with van der Waals surface area (Å²) in [6.45, 7) is 10.4. The number of rotatable bonds is 8. The van der Waals surface area contributed by atoms with Crippen molar-refractivity contribution in [1.82, 2.24) is 0 Å². The van der Waals surface area contributed by atoms with E-state index in [1.165, 1.54) is 26.5 Å². The van der Waals surface area contributed by atoms with Crippen LogP contribution in [0.25, 0.3) is 0 Å². The Balaban J connectivity index is 2.26. The van der Waals surface area contributed by atoms with Crippen molar-refractivity contribution in [2.24, 2.45) is 22.7 Å². The lowest BCUT2D eigenvalue weighted by atomic mass is 9.51. The van der Waals surface area contributed by atoms with Crippen molar-refractivity contribution in [3.05, 3.63) is 11.6 Å². The Hall–Kier alpha value is -1.89. The van der Waals surface area contributed by atoms with Crippen molar-refractivity contribution in [1.29, 1.82) is 0 Å². The molecular weight excluding hydrogens is 412 g/mol. The number of fused-ring (bicyclic) bond motifs is 1. The van der Waals surface area contributed by atoms with Gasteiger partial charge in [-0.2, -0.15) is 0 Å². The van der Waals surface area contributed by atoms with Crippen LogP contribution in [0.15, 0.2) is 11.6 Å². The summed E-state index contributed by atoms with van der Waals surface area (Å²) in [5.41, 5.74) is -0.865. The number of hydrogen-bond donors (Lipinski definition) is 1. The molecule has 0 aliphatic heterocycles. The molecule has 0 unspecified atom stereocenters. The van der Waals surface area contributed by atoms with E-state index >= 15 is 0 Å². The molecule has 0 radical (unpaired) electrons. The minimum absolute atomic E-state index is 0.111. The fourth-order valence-corrected chi connectivity index (χ4v) is 5.59. The number of ether oxygens (including phenoxy) is 3. The van der Waals surface area contributed by atoms with Gasteiger partial charge in [0.25, 0.3) is 0 Å². The topological polar surface area (TPSA) is 99.1 Å². The zero-order chi connectivity index (χ0) is 24.3. The molecule has 1 N–H and O–H groups in total. The summed E-state index contributed by atoms with van der Waals surface area (Å²) < 4.78 is 15.5. The molecule has 2 rings (SSSR count). The van der Waals surface area contributed by atoms with Crippen LogP contribution >= 0.6 is 0 Å². The first-order valence-electron chi connectivity index (χ1n) is 11.6. The van der Waals surface area contributed by atoms with Crippen molar-refractivity contribution >= 4 is 17.9 Å². The predicted octanol–water partition coefficient (Wildman–Crippen LogP) is 3.96. The van der Waals surface area contributed by atoms with Gasteiger partial charge < -0.3 is 19.3 Å². The van der Waals surface area contributed by atoms with E-state index in [0.29, 0.717) is 18.8 Å². The first-order chi connectivity index (χ1) is 14.8. The summed E-state index contributed by atoms with van der Waals surface area (Å²) in [6.07, 6.45) is 5.84. The smallest absolute Gasteiger partial charge is 0.312 e. The van der Waals surface area contributed by atoms with Crippen LogP contribution in [0.1, 0.15) is 80.1 Å². The Morgan fingerprint density at radius 2 is 1.88 bits per heavy atom. The zero-order valence-electron chi connectivity index (χ0n) is 20.7. The van der Waals surface area contributed by atoms with Crippen LogP contribution in [0.5, 0.6) is 0 Å². The summed E-state index contributed by atoms with van der Waals surface area (Å²) in [5.74, 6) is -0.721. The van der Waals surface area contributed by atoms with Gasteiger partial charge in [0.2, 0.25) is 0 Å². The summed E-state index contributed by atoms with van der Waals surface area (Å²) in [4.78, 5) is 35.6. The molecule has 0 aromatic rings. The van der Waals surface area contributed by atoms with Gasteiger partial charge in [0.15, 0.2) is 6.10 Å². The number of methoxy groups -OCH3 is 1.